The first kappa shape index (κ1) is 9.21. The smallest absolute Gasteiger partial charge is 0.240 e. The summed E-state index contributed by atoms with van der Waals surface area (Å²) in [5.74, 6) is -0.513. The van der Waals surface area contributed by atoms with E-state index in [0.29, 0.717) is 15.5 Å². The fourth-order valence-electron chi connectivity index (χ4n) is 2.58. The summed E-state index contributed by atoms with van der Waals surface area (Å²) < 4.78 is 73.5. The van der Waals surface area contributed by atoms with Gasteiger partial charge >= 0.3 is 0 Å². The molecule has 0 N–H and O–H groups in total. The van der Waals surface area contributed by atoms with Crippen molar-refractivity contribution in [2.24, 2.45) is 6.98 Å². The number of aromatic nitrogens is 8. The van der Waals surface area contributed by atoms with Gasteiger partial charge in [-0.25, -0.2) is 0 Å². The topological polar surface area (TPSA) is 109 Å². The molecular weight excluding hydrogens is 348 g/mol. The Morgan fingerprint density at radius 1 is 1.22 bits per heavy atom. The normalized spacial score (nSPS) is 17.3. The number of ether oxygens (including phenoxy) is 1. The van der Waals surface area contributed by atoms with Gasteiger partial charge in [0.15, 0.2) is 11.3 Å². The third kappa shape index (κ3) is 2.58. The van der Waals surface area contributed by atoms with E-state index in [1.165, 1.54) is 10.6 Å². The lowest BCUT2D eigenvalue weighted by Gasteiger charge is -2.08. The summed E-state index contributed by atoms with van der Waals surface area (Å²) in [4.78, 5) is 0. The highest BCUT2D eigenvalue weighted by Crippen LogP contribution is 2.29. The average molecular weight is 370 g/mol. The molecule has 0 atom stereocenters. The van der Waals surface area contributed by atoms with Crippen molar-refractivity contribution in [3.8, 4) is 17.4 Å². The predicted molar refractivity (Wildman–Crippen MR) is 93.9 cm³/mol. The maximum Gasteiger partial charge on any atom is 0.240 e. The average Bonchev–Trinajstić information content (AvgIpc) is 3.51. The molecule has 134 valence electrons. The summed E-state index contributed by atoms with van der Waals surface area (Å²) in [6.07, 6.45) is 0.920. The van der Waals surface area contributed by atoms with E-state index in [0.717, 1.165) is 6.20 Å². The highest BCUT2D eigenvalue weighted by molar-refractivity contribution is 5.96. The van der Waals surface area contributed by atoms with Crippen LogP contribution >= 0.6 is 0 Å². The Kier molecular flexibility index (Phi) is 2.00. The Hall–Kier alpha value is -3.82. The molecule has 0 radical (unpaired) electrons. The minimum Gasteiger partial charge on any atom is -0.470 e. The molecule has 0 aliphatic heterocycles. The van der Waals surface area contributed by atoms with Crippen molar-refractivity contribution in [3.63, 3.8) is 0 Å². The third-order valence-corrected chi connectivity index (χ3v) is 3.71. The zero-order valence-electron chi connectivity index (χ0n) is 21.4. The first-order valence-electron chi connectivity index (χ1n) is 11.6. The van der Waals surface area contributed by atoms with Crippen LogP contribution in [0.4, 0.5) is 0 Å². The lowest BCUT2D eigenvalue weighted by molar-refractivity contribution is 0.289. The molecule has 0 saturated heterocycles. The lowest BCUT2D eigenvalue weighted by Crippen LogP contribution is -2.03. The number of fused-ring (bicyclic) bond motifs is 3. The standard InChI is InChI=1S/C17H14N8O2/c1-10-7-14(22-27-10)16-20-19-15-12-5-3-4-6-13(12)17(21-25(15)16)26-9-11-8-24(2)23-18-11/h3-8H,9H2,1-2H3/i1D3,2D3,9D2. The fourth-order valence-corrected chi connectivity index (χ4v) is 2.58. The summed E-state index contributed by atoms with van der Waals surface area (Å²) in [7, 11) is 0. The third-order valence-electron chi connectivity index (χ3n) is 3.71. The monoisotopic (exact) mass is 370 g/mol. The molecule has 0 aliphatic rings. The van der Waals surface area contributed by atoms with Crippen LogP contribution in [0.5, 0.6) is 5.88 Å². The Morgan fingerprint density at radius 2 is 2.15 bits per heavy atom. The molecule has 0 fully saturated rings. The van der Waals surface area contributed by atoms with Crippen molar-refractivity contribution >= 4 is 16.4 Å². The number of rotatable bonds is 4. The second-order valence-electron chi connectivity index (χ2n) is 5.44. The zero-order chi connectivity index (χ0) is 25.2. The van der Waals surface area contributed by atoms with Crippen LogP contribution in [0.25, 0.3) is 27.9 Å². The molecule has 0 spiro atoms. The van der Waals surface area contributed by atoms with Crippen LogP contribution in [-0.4, -0.2) is 40.0 Å². The van der Waals surface area contributed by atoms with Crippen molar-refractivity contribution in [1.29, 1.82) is 0 Å². The Balaban J connectivity index is 1.63. The van der Waals surface area contributed by atoms with Crippen LogP contribution in [-0.2, 0) is 13.5 Å². The molecule has 10 nitrogen and oxygen atoms in total. The van der Waals surface area contributed by atoms with Crippen LogP contribution in [0, 0.1) is 6.85 Å². The van der Waals surface area contributed by atoms with Crippen LogP contribution in [0.3, 0.4) is 0 Å². The van der Waals surface area contributed by atoms with Gasteiger partial charge in [-0.15, -0.1) is 20.4 Å². The molecule has 4 aromatic heterocycles. The number of benzene rings is 1. The van der Waals surface area contributed by atoms with Crippen molar-refractivity contribution in [2.45, 2.75) is 13.4 Å². The van der Waals surface area contributed by atoms with Crippen LogP contribution in [0.15, 0.2) is 41.1 Å². The Labute approximate surface area is 163 Å². The van der Waals surface area contributed by atoms with Gasteiger partial charge in [-0.05, 0) is 12.9 Å². The van der Waals surface area contributed by atoms with Crippen molar-refractivity contribution in [1.82, 2.24) is 40.0 Å². The van der Waals surface area contributed by atoms with E-state index in [1.807, 2.05) is 0 Å². The summed E-state index contributed by atoms with van der Waals surface area (Å²) in [5, 5.41) is 24.1. The van der Waals surface area contributed by atoms with Gasteiger partial charge < -0.3 is 9.26 Å². The number of hydrogen-bond donors (Lipinski definition) is 0. The fraction of sp³-hybridized carbons (Fsp3) is 0.176. The minimum atomic E-state index is -2.65. The van der Waals surface area contributed by atoms with Gasteiger partial charge in [0.05, 0.1) is 8.94 Å². The van der Waals surface area contributed by atoms with Gasteiger partial charge in [0.25, 0.3) is 0 Å². The van der Waals surface area contributed by atoms with E-state index in [9.17, 15) is 0 Å². The van der Waals surface area contributed by atoms with Gasteiger partial charge in [0.2, 0.25) is 11.7 Å². The number of aryl methyl sites for hydroxylation is 2. The van der Waals surface area contributed by atoms with Crippen molar-refractivity contribution in [2.75, 3.05) is 0 Å². The Bertz CT molecular complexity index is 1550. The zero-order valence-corrected chi connectivity index (χ0v) is 13.4. The van der Waals surface area contributed by atoms with Crippen LogP contribution in [0.2, 0.25) is 0 Å². The quantitative estimate of drug-likeness (QED) is 0.472. The summed E-state index contributed by atoms with van der Waals surface area (Å²) in [6, 6.07) is 7.91. The van der Waals surface area contributed by atoms with Crippen LogP contribution in [0.1, 0.15) is 22.4 Å². The SMILES string of the molecule is [2H]C([2H])([2H])c1cc(-c2nnc3c4ccccc4c(OC([2H])([2H])c4cn(C([2H])([2H])[2H])nn4)nn23)no1. The van der Waals surface area contributed by atoms with Crippen LogP contribution < -0.4 is 4.74 Å². The largest absolute Gasteiger partial charge is 0.470 e. The maximum atomic E-state index is 8.33. The number of hydrogen-bond acceptors (Lipinski definition) is 8. The molecule has 27 heavy (non-hydrogen) atoms. The van der Waals surface area contributed by atoms with Gasteiger partial charge in [0.1, 0.15) is 18.0 Å². The molecule has 0 amide bonds. The molecule has 4 heterocycles. The van der Waals surface area contributed by atoms with E-state index >= 15 is 0 Å². The van der Waals surface area contributed by atoms with Gasteiger partial charge in [0, 0.05) is 32.0 Å². The molecule has 1 aromatic carbocycles. The lowest BCUT2D eigenvalue weighted by atomic mass is 10.2. The van der Waals surface area contributed by atoms with Gasteiger partial charge in [-0.3, -0.25) is 4.68 Å². The molecule has 0 unspecified atom stereocenters. The second kappa shape index (κ2) is 5.87. The molecule has 0 aliphatic carbocycles. The first-order valence-corrected chi connectivity index (χ1v) is 7.59. The minimum absolute atomic E-state index is 0.0313. The van der Waals surface area contributed by atoms with E-state index in [2.05, 4.69) is 30.8 Å². The summed E-state index contributed by atoms with van der Waals surface area (Å²) >= 11 is 0. The highest BCUT2D eigenvalue weighted by atomic mass is 16.5. The van der Waals surface area contributed by atoms with E-state index < -0.39 is 20.4 Å². The highest BCUT2D eigenvalue weighted by Gasteiger charge is 2.18. The molecule has 0 saturated carbocycles. The maximum absolute atomic E-state index is 8.33. The van der Waals surface area contributed by atoms with E-state index in [4.69, 9.17) is 20.2 Å². The summed E-state index contributed by atoms with van der Waals surface area (Å²) in [6.45, 7) is -7.79. The predicted octanol–water partition coefficient (Wildman–Crippen LogP) is 1.95. The second-order valence-corrected chi connectivity index (χ2v) is 5.44. The molecule has 5 rings (SSSR count). The molecule has 0 bridgehead atoms. The molecule has 5 aromatic rings. The van der Waals surface area contributed by atoms with E-state index in [1.54, 1.807) is 24.3 Å². The molecule has 10 heteroatoms. The van der Waals surface area contributed by atoms with Gasteiger partial charge in [-0.1, -0.05) is 28.6 Å². The Morgan fingerprint density at radius 3 is 2.96 bits per heavy atom. The first-order chi connectivity index (χ1) is 16.3. The van der Waals surface area contributed by atoms with Gasteiger partial charge in [-0.2, -0.15) is 4.52 Å². The van der Waals surface area contributed by atoms with Crippen molar-refractivity contribution < 1.29 is 20.2 Å². The summed E-state index contributed by atoms with van der Waals surface area (Å²) in [5.41, 5.74) is -0.0707. The molecular formula is C17H14N8O2. The number of nitrogens with zero attached hydrogens (tertiary/aromatic N) is 8. The van der Waals surface area contributed by atoms with E-state index in [-0.39, 0.29) is 34.5 Å². The van der Waals surface area contributed by atoms with Crippen molar-refractivity contribution in [3.05, 3.63) is 48.0 Å².